The van der Waals surface area contributed by atoms with E-state index in [-0.39, 0.29) is 17.1 Å². The maximum absolute atomic E-state index is 12.8. The molecule has 140 valence electrons. The molecular weight excluding hydrogens is 360 g/mol. The number of thioether (sulfide) groups is 1. The van der Waals surface area contributed by atoms with E-state index in [4.69, 9.17) is 4.74 Å². The Kier molecular flexibility index (Phi) is 6.08. The number of methoxy groups -OCH3 is 1. The van der Waals surface area contributed by atoms with E-state index in [1.807, 2.05) is 50.2 Å². The van der Waals surface area contributed by atoms with Gasteiger partial charge in [-0.15, -0.1) is 0 Å². The van der Waals surface area contributed by atoms with Crippen molar-refractivity contribution in [2.45, 2.75) is 25.5 Å². The third kappa shape index (κ3) is 4.28. The summed E-state index contributed by atoms with van der Waals surface area (Å²) < 4.78 is 6.72. The number of Topliss-reactive ketones (excluding diaryl/α,β-unsaturated/α-hetero) is 1. The van der Waals surface area contributed by atoms with Crippen LogP contribution in [-0.4, -0.2) is 34.8 Å². The molecule has 2 aromatic carbocycles. The van der Waals surface area contributed by atoms with Gasteiger partial charge in [0.15, 0.2) is 10.9 Å². The van der Waals surface area contributed by atoms with Crippen LogP contribution in [0, 0.1) is 13.8 Å². The lowest BCUT2D eigenvalue weighted by Crippen LogP contribution is -2.25. The predicted octanol–water partition coefficient (Wildman–Crippen LogP) is 3.63. The van der Waals surface area contributed by atoms with Crippen LogP contribution in [-0.2, 0) is 11.3 Å². The molecule has 3 aromatic rings. The summed E-state index contributed by atoms with van der Waals surface area (Å²) in [5.41, 5.74) is 3.32. The van der Waals surface area contributed by atoms with Crippen LogP contribution in [0.5, 0.6) is 0 Å². The van der Waals surface area contributed by atoms with Gasteiger partial charge in [0, 0.05) is 12.7 Å². The zero-order valence-electron chi connectivity index (χ0n) is 15.7. The van der Waals surface area contributed by atoms with Gasteiger partial charge in [0.1, 0.15) is 0 Å². The Balaban J connectivity index is 1.91. The molecule has 0 spiro atoms. The second-order valence-corrected chi connectivity index (χ2v) is 7.33. The number of nitrogens with zero attached hydrogens (tertiary/aromatic N) is 2. The van der Waals surface area contributed by atoms with Gasteiger partial charge in [-0.25, -0.2) is 4.98 Å². The molecule has 5 nitrogen and oxygen atoms in total. The highest BCUT2D eigenvalue weighted by Gasteiger charge is 2.15. The van der Waals surface area contributed by atoms with E-state index in [0.717, 1.165) is 11.1 Å². The first-order chi connectivity index (χ1) is 13.0. The number of rotatable bonds is 7. The van der Waals surface area contributed by atoms with Crippen molar-refractivity contribution in [3.8, 4) is 0 Å². The third-order valence-corrected chi connectivity index (χ3v) is 5.34. The maximum atomic E-state index is 12.8. The molecule has 0 fully saturated rings. The Bertz CT molecular complexity index is 1040. The molecule has 0 saturated carbocycles. The molecule has 1 aromatic heterocycles. The predicted molar refractivity (Wildman–Crippen MR) is 109 cm³/mol. The third-order valence-electron chi connectivity index (χ3n) is 4.36. The van der Waals surface area contributed by atoms with Crippen molar-refractivity contribution in [1.29, 1.82) is 0 Å². The molecule has 0 saturated heterocycles. The number of hydrogen-bond acceptors (Lipinski definition) is 5. The Labute approximate surface area is 162 Å². The second kappa shape index (κ2) is 8.50. The molecular formula is C21H22N2O3S. The molecule has 27 heavy (non-hydrogen) atoms. The van der Waals surface area contributed by atoms with Crippen molar-refractivity contribution in [3.05, 3.63) is 69.5 Å². The van der Waals surface area contributed by atoms with Gasteiger partial charge >= 0.3 is 0 Å². The lowest BCUT2D eigenvalue weighted by atomic mass is 10.0. The summed E-state index contributed by atoms with van der Waals surface area (Å²) in [6.07, 6.45) is 0. The number of carbonyl (C=O) groups excluding carboxylic acids is 1. The van der Waals surface area contributed by atoms with Gasteiger partial charge in [-0.05, 0) is 31.5 Å². The Hall–Kier alpha value is -2.44. The number of benzene rings is 2. The van der Waals surface area contributed by atoms with Crippen LogP contribution in [0.2, 0.25) is 0 Å². The van der Waals surface area contributed by atoms with Crippen LogP contribution < -0.4 is 5.56 Å². The maximum Gasteiger partial charge on any atom is 0.262 e. The fourth-order valence-corrected chi connectivity index (χ4v) is 3.88. The smallest absolute Gasteiger partial charge is 0.262 e. The SMILES string of the molecule is COCCn1c(SCC(=O)c2ccc(C)cc2C)nc2ccccc2c1=O. The average molecular weight is 382 g/mol. The Morgan fingerprint density at radius 3 is 2.70 bits per heavy atom. The van der Waals surface area contributed by atoms with E-state index < -0.39 is 0 Å². The fourth-order valence-electron chi connectivity index (χ4n) is 2.97. The molecule has 0 aliphatic heterocycles. The lowest BCUT2D eigenvalue weighted by molar-refractivity contribution is 0.102. The van der Waals surface area contributed by atoms with Crippen LogP contribution in [0.1, 0.15) is 21.5 Å². The highest BCUT2D eigenvalue weighted by atomic mass is 32.2. The highest BCUT2D eigenvalue weighted by molar-refractivity contribution is 7.99. The van der Waals surface area contributed by atoms with Crippen LogP contribution in [0.25, 0.3) is 10.9 Å². The van der Waals surface area contributed by atoms with Crippen molar-refractivity contribution in [1.82, 2.24) is 9.55 Å². The monoisotopic (exact) mass is 382 g/mol. The minimum absolute atomic E-state index is 0.0261. The highest BCUT2D eigenvalue weighted by Crippen LogP contribution is 2.20. The molecule has 1 heterocycles. The Morgan fingerprint density at radius 1 is 1.19 bits per heavy atom. The van der Waals surface area contributed by atoms with Crippen molar-refractivity contribution in [2.75, 3.05) is 19.5 Å². The van der Waals surface area contributed by atoms with Crippen LogP contribution in [0.4, 0.5) is 0 Å². The van der Waals surface area contributed by atoms with E-state index in [0.29, 0.717) is 34.8 Å². The summed E-state index contributed by atoms with van der Waals surface area (Å²) in [4.78, 5) is 30.1. The molecule has 0 radical (unpaired) electrons. The number of hydrogen-bond donors (Lipinski definition) is 0. The van der Waals surface area contributed by atoms with E-state index in [2.05, 4.69) is 4.98 Å². The second-order valence-electron chi connectivity index (χ2n) is 6.39. The van der Waals surface area contributed by atoms with Crippen molar-refractivity contribution in [3.63, 3.8) is 0 Å². The number of aromatic nitrogens is 2. The van der Waals surface area contributed by atoms with Gasteiger partial charge in [0.2, 0.25) is 0 Å². The van der Waals surface area contributed by atoms with Crippen LogP contribution >= 0.6 is 11.8 Å². The van der Waals surface area contributed by atoms with E-state index in [9.17, 15) is 9.59 Å². The first-order valence-electron chi connectivity index (χ1n) is 8.73. The molecule has 0 amide bonds. The molecule has 0 atom stereocenters. The minimum atomic E-state index is -0.112. The van der Waals surface area contributed by atoms with Gasteiger partial charge in [-0.3, -0.25) is 14.2 Å². The largest absolute Gasteiger partial charge is 0.383 e. The summed E-state index contributed by atoms with van der Waals surface area (Å²) in [5.74, 6) is 0.250. The first kappa shape index (κ1) is 19.3. The average Bonchev–Trinajstić information content (AvgIpc) is 2.65. The van der Waals surface area contributed by atoms with Crippen LogP contribution in [0.3, 0.4) is 0 Å². The summed E-state index contributed by atoms with van der Waals surface area (Å²) >= 11 is 1.29. The topological polar surface area (TPSA) is 61.2 Å². The van der Waals surface area contributed by atoms with Crippen molar-refractivity contribution >= 4 is 28.4 Å². The number of carbonyl (C=O) groups is 1. The molecule has 6 heteroatoms. The number of para-hydroxylation sites is 1. The van der Waals surface area contributed by atoms with Gasteiger partial charge < -0.3 is 4.74 Å². The van der Waals surface area contributed by atoms with Gasteiger partial charge in [-0.2, -0.15) is 0 Å². The zero-order valence-corrected chi connectivity index (χ0v) is 16.5. The standard InChI is InChI=1S/C21H22N2O3S/c1-14-8-9-16(15(2)12-14)19(24)13-27-21-22-18-7-5-4-6-17(18)20(25)23(21)10-11-26-3/h4-9,12H,10-11,13H2,1-3H3. The Morgan fingerprint density at radius 2 is 1.96 bits per heavy atom. The zero-order chi connectivity index (χ0) is 19.4. The van der Waals surface area contributed by atoms with Gasteiger partial charge in [-0.1, -0.05) is 47.7 Å². The number of ether oxygens (including phenoxy) is 1. The summed E-state index contributed by atoms with van der Waals surface area (Å²) in [6, 6.07) is 13.1. The molecule has 0 aliphatic carbocycles. The fraction of sp³-hybridized carbons (Fsp3) is 0.286. The first-order valence-corrected chi connectivity index (χ1v) is 9.71. The summed E-state index contributed by atoms with van der Waals surface area (Å²) in [7, 11) is 1.59. The van der Waals surface area contributed by atoms with E-state index in [1.54, 1.807) is 17.7 Å². The molecule has 0 unspecified atom stereocenters. The molecule has 0 N–H and O–H groups in total. The van der Waals surface area contributed by atoms with E-state index in [1.165, 1.54) is 11.8 Å². The molecule has 0 aliphatic rings. The molecule has 0 bridgehead atoms. The number of fused-ring (bicyclic) bond motifs is 1. The lowest BCUT2D eigenvalue weighted by Gasteiger charge is -2.13. The summed E-state index contributed by atoms with van der Waals surface area (Å²) in [6.45, 7) is 4.74. The number of aryl methyl sites for hydroxylation is 2. The van der Waals surface area contributed by atoms with Crippen molar-refractivity contribution < 1.29 is 9.53 Å². The van der Waals surface area contributed by atoms with Gasteiger partial charge in [0.05, 0.1) is 29.8 Å². The molecule has 3 rings (SSSR count). The van der Waals surface area contributed by atoms with Crippen molar-refractivity contribution in [2.24, 2.45) is 0 Å². The minimum Gasteiger partial charge on any atom is -0.383 e. The van der Waals surface area contributed by atoms with Crippen LogP contribution in [0.15, 0.2) is 52.4 Å². The quantitative estimate of drug-likeness (QED) is 0.355. The van der Waals surface area contributed by atoms with E-state index >= 15 is 0 Å². The normalized spacial score (nSPS) is 11.1. The number of ketones is 1. The van der Waals surface area contributed by atoms with Gasteiger partial charge in [0.25, 0.3) is 5.56 Å². The summed E-state index contributed by atoms with van der Waals surface area (Å²) in [5, 5.41) is 1.10.